The molecule has 0 aliphatic rings. The van der Waals surface area contributed by atoms with Crippen LogP contribution in [0.1, 0.15) is 10.4 Å². The minimum Gasteiger partial charge on any atom is -0.334 e. The summed E-state index contributed by atoms with van der Waals surface area (Å²) in [7, 11) is 0. The minimum atomic E-state index is -0.157. The lowest BCUT2D eigenvalue weighted by Gasteiger charge is -2.06. The van der Waals surface area contributed by atoms with Gasteiger partial charge >= 0.3 is 6.03 Å². The summed E-state index contributed by atoms with van der Waals surface area (Å²) in [6.07, 6.45) is 3.42. The monoisotopic (exact) mass is 247 g/mol. The van der Waals surface area contributed by atoms with Crippen LogP contribution in [0.5, 0.6) is 0 Å². The molecule has 5 heteroatoms. The number of hydrogen-bond acceptors (Lipinski definition) is 3. The largest absolute Gasteiger partial charge is 0.334 e. The van der Waals surface area contributed by atoms with Gasteiger partial charge in [-0.2, -0.15) is 0 Å². The molecule has 2 aromatic rings. The Morgan fingerprint density at radius 1 is 1.18 bits per heavy atom. The lowest BCUT2D eigenvalue weighted by molar-refractivity contribution is 0.240. The molecule has 0 atom stereocenters. The molecule has 4 nitrogen and oxygen atoms in total. The zero-order valence-corrected chi connectivity index (χ0v) is 10.0. The van der Waals surface area contributed by atoms with Gasteiger partial charge < -0.3 is 10.6 Å². The molecule has 0 aliphatic carbocycles. The van der Waals surface area contributed by atoms with E-state index in [2.05, 4.69) is 15.6 Å². The van der Waals surface area contributed by atoms with Gasteiger partial charge in [0, 0.05) is 23.8 Å². The number of amides is 2. The van der Waals surface area contributed by atoms with Gasteiger partial charge in [0.25, 0.3) is 0 Å². The van der Waals surface area contributed by atoms with Crippen molar-refractivity contribution in [1.29, 1.82) is 0 Å². The SMILES string of the molecule is O=C(NCc1ccncc1)NCc1cccs1. The maximum atomic E-state index is 11.5. The maximum Gasteiger partial charge on any atom is 0.315 e. The fraction of sp³-hybridized carbons (Fsp3) is 0.167. The van der Waals surface area contributed by atoms with Crippen LogP contribution in [0.4, 0.5) is 4.79 Å². The summed E-state index contributed by atoms with van der Waals surface area (Å²) in [5, 5.41) is 7.58. The second kappa shape index (κ2) is 6.00. The standard InChI is InChI=1S/C12H13N3OS/c16-12(15-9-11-2-1-7-17-11)14-8-10-3-5-13-6-4-10/h1-7H,8-9H2,(H2,14,15,16). The topological polar surface area (TPSA) is 54.0 Å². The Balaban J connectivity index is 1.71. The zero-order chi connectivity index (χ0) is 11.9. The van der Waals surface area contributed by atoms with Gasteiger partial charge in [-0.3, -0.25) is 4.98 Å². The molecule has 0 aliphatic heterocycles. The Labute approximate surface area is 104 Å². The molecule has 0 saturated carbocycles. The van der Waals surface area contributed by atoms with Gasteiger partial charge in [0.05, 0.1) is 6.54 Å². The van der Waals surface area contributed by atoms with Gasteiger partial charge in [-0.25, -0.2) is 4.79 Å². The highest BCUT2D eigenvalue weighted by atomic mass is 32.1. The summed E-state index contributed by atoms with van der Waals surface area (Å²) in [5.74, 6) is 0. The van der Waals surface area contributed by atoms with Crippen LogP contribution in [0.25, 0.3) is 0 Å². The van der Waals surface area contributed by atoms with Crippen LogP contribution in [-0.4, -0.2) is 11.0 Å². The van der Waals surface area contributed by atoms with Crippen molar-refractivity contribution in [1.82, 2.24) is 15.6 Å². The minimum absolute atomic E-state index is 0.157. The van der Waals surface area contributed by atoms with Gasteiger partial charge in [0.1, 0.15) is 0 Å². The smallest absolute Gasteiger partial charge is 0.315 e. The van der Waals surface area contributed by atoms with E-state index in [9.17, 15) is 4.79 Å². The van der Waals surface area contributed by atoms with Crippen molar-refractivity contribution in [2.45, 2.75) is 13.1 Å². The quantitative estimate of drug-likeness (QED) is 0.869. The zero-order valence-electron chi connectivity index (χ0n) is 9.22. The van der Waals surface area contributed by atoms with Crippen molar-refractivity contribution in [2.24, 2.45) is 0 Å². The third-order valence-electron chi connectivity index (χ3n) is 2.21. The molecule has 0 spiro atoms. The number of nitrogens with one attached hydrogen (secondary N) is 2. The molecule has 2 rings (SSSR count). The first-order valence-corrected chi connectivity index (χ1v) is 6.15. The van der Waals surface area contributed by atoms with E-state index in [0.29, 0.717) is 13.1 Å². The average molecular weight is 247 g/mol. The number of pyridine rings is 1. The van der Waals surface area contributed by atoms with E-state index in [0.717, 1.165) is 10.4 Å². The van der Waals surface area contributed by atoms with Crippen LogP contribution in [-0.2, 0) is 13.1 Å². The van der Waals surface area contributed by atoms with E-state index in [4.69, 9.17) is 0 Å². The molecular formula is C12H13N3OS. The van der Waals surface area contributed by atoms with E-state index in [-0.39, 0.29) is 6.03 Å². The summed E-state index contributed by atoms with van der Waals surface area (Å²) in [4.78, 5) is 16.5. The molecule has 17 heavy (non-hydrogen) atoms. The molecule has 2 amide bonds. The average Bonchev–Trinajstić information content (AvgIpc) is 2.88. The predicted octanol–water partition coefficient (Wildman–Crippen LogP) is 2.14. The number of nitrogens with zero attached hydrogens (tertiary/aromatic N) is 1. The summed E-state index contributed by atoms with van der Waals surface area (Å²) in [6.45, 7) is 1.08. The second-order valence-electron chi connectivity index (χ2n) is 3.47. The van der Waals surface area contributed by atoms with Gasteiger partial charge in [0.2, 0.25) is 0 Å². The molecule has 2 N–H and O–H groups in total. The highest BCUT2D eigenvalue weighted by Crippen LogP contribution is 2.07. The van der Waals surface area contributed by atoms with E-state index >= 15 is 0 Å². The number of urea groups is 1. The first-order valence-electron chi connectivity index (χ1n) is 5.27. The number of aromatic nitrogens is 1. The van der Waals surface area contributed by atoms with Gasteiger partial charge in [-0.15, -0.1) is 11.3 Å². The summed E-state index contributed by atoms with van der Waals surface area (Å²) in [5.41, 5.74) is 1.03. The number of carbonyl (C=O) groups excluding carboxylic acids is 1. The van der Waals surface area contributed by atoms with E-state index in [1.165, 1.54) is 0 Å². The predicted molar refractivity (Wildman–Crippen MR) is 67.6 cm³/mol. The highest BCUT2D eigenvalue weighted by molar-refractivity contribution is 7.09. The van der Waals surface area contributed by atoms with Crippen molar-refractivity contribution in [2.75, 3.05) is 0 Å². The van der Waals surface area contributed by atoms with Crippen molar-refractivity contribution >= 4 is 17.4 Å². The lowest BCUT2D eigenvalue weighted by Crippen LogP contribution is -2.34. The van der Waals surface area contributed by atoms with E-state index in [1.54, 1.807) is 23.7 Å². The number of thiophene rings is 1. The summed E-state index contributed by atoms with van der Waals surface area (Å²) >= 11 is 1.63. The lowest BCUT2D eigenvalue weighted by atomic mass is 10.3. The molecule has 2 heterocycles. The Kier molecular flexibility index (Phi) is 4.10. The molecular weight excluding hydrogens is 234 g/mol. The van der Waals surface area contributed by atoms with E-state index in [1.807, 2.05) is 29.6 Å². The van der Waals surface area contributed by atoms with Crippen molar-refractivity contribution < 1.29 is 4.79 Å². The third-order valence-corrected chi connectivity index (χ3v) is 3.08. The van der Waals surface area contributed by atoms with Crippen LogP contribution in [0, 0.1) is 0 Å². The second-order valence-corrected chi connectivity index (χ2v) is 4.50. The van der Waals surface area contributed by atoms with Crippen LogP contribution in [0.15, 0.2) is 42.0 Å². The van der Waals surface area contributed by atoms with Crippen molar-refractivity contribution in [3.8, 4) is 0 Å². The van der Waals surface area contributed by atoms with Crippen molar-refractivity contribution in [3.05, 3.63) is 52.5 Å². The number of rotatable bonds is 4. The summed E-state index contributed by atoms with van der Waals surface area (Å²) < 4.78 is 0. The normalized spacial score (nSPS) is 9.88. The fourth-order valence-electron chi connectivity index (χ4n) is 1.33. The number of hydrogen-bond donors (Lipinski definition) is 2. The summed E-state index contributed by atoms with van der Waals surface area (Å²) in [6, 6.07) is 7.55. The molecule has 88 valence electrons. The molecule has 0 fully saturated rings. The molecule has 2 aromatic heterocycles. The van der Waals surface area contributed by atoms with E-state index < -0.39 is 0 Å². The number of carbonyl (C=O) groups is 1. The maximum absolute atomic E-state index is 11.5. The Morgan fingerprint density at radius 2 is 1.94 bits per heavy atom. The van der Waals surface area contributed by atoms with Crippen LogP contribution in [0.2, 0.25) is 0 Å². The Morgan fingerprint density at radius 3 is 2.65 bits per heavy atom. The van der Waals surface area contributed by atoms with Crippen LogP contribution in [0.3, 0.4) is 0 Å². The van der Waals surface area contributed by atoms with Gasteiger partial charge in [-0.1, -0.05) is 6.07 Å². The van der Waals surface area contributed by atoms with Gasteiger partial charge in [0.15, 0.2) is 0 Å². The Bertz CT molecular complexity index is 456. The van der Waals surface area contributed by atoms with Crippen molar-refractivity contribution in [3.63, 3.8) is 0 Å². The molecule has 0 aromatic carbocycles. The first kappa shape index (κ1) is 11.6. The third kappa shape index (κ3) is 3.88. The fourth-order valence-corrected chi connectivity index (χ4v) is 1.97. The molecule has 0 saturated heterocycles. The van der Waals surface area contributed by atoms with Crippen LogP contribution < -0.4 is 10.6 Å². The molecule has 0 radical (unpaired) electrons. The van der Waals surface area contributed by atoms with Gasteiger partial charge in [-0.05, 0) is 29.1 Å². The molecule has 0 unspecified atom stereocenters. The Hall–Kier alpha value is -1.88. The highest BCUT2D eigenvalue weighted by Gasteiger charge is 2.00. The van der Waals surface area contributed by atoms with Crippen LogP contribution >= 0.6 is 11.3 Å². The first-order chi connectivity index (χ1) is 8.34. The molecule has 0 bridgehead atoms.